The Morgan fingerprint density at radius 1 is 0.743 bits per heavy atom. The van der Waals surface area contributed by atoms with Crippen molar-refractivity contribution in [1.82, 2.24) is 10.6 Å². The van der Waals surface area contributed by atoms with Crippen molar-refractivity contribution in [3.8, 4) is 0 Å². The summed E-state index contributed by atoms with van der Waals surface area (Å²) in [6.45, 7) is 0. The first-order valence-corrected chi connectivity index (χ1v) is 12.8. The second kappa shape index (κ2) is 9.84. The predicted molar refractivity (Wildman–Crippen MR) is 132 cm³/mol. The summed E-state index contributed by atoms with van der Waals surface area (Å²) < 4.78 is 0. The van der Waals surface area contributed by atoms with Crippen LogP contribution >= 0.6 is 0 Å². The molecule has 0 aliphatic heterocycles. The van der Waals surface area contributed by atoms with Crippen LogP contribution in [0.2, 0.25) is 0 Å². The average Bonchev–Trinajstić information content (AvgIpc) is 2.83. The molecule has 0 aromatic heterocycles. The summed E-state index contributed by atoms with van der Waals surface area (Å²) in [7, 11) is 0. The van der Waals surface area contributed by atoms with Gasteiger partial charge in [0.1, 0.15) is 12.1 Å². The van der Waals surface area contributed by atoms with E-state index < -0.39 is 24.0 Å². The van der Waals surface area contributed by atoms with Gasteiger partial charge < -0.3 is 15.7 Å². The van der Waals surface area contributed by atoms with Gasteiger partial charge in [0.05, 0.1) is 0 Å². The zero-order chi connectivity index (χ0) is 24.4. The van der Waals surface area contributed by atoms with E-state index in [9.17, 15) is 19.5 Å². The molecule has 2 atom stereocenters. The van der Waals surface area contributed by atoms with E-state index in [0.717, 1.165) is 30.4 Å². The molecule has 0 radical (unpaired) electrons. The summed E-state index contributed by atoms with van der Waals surface area (Å²) in [6.07, 6.45) is 6.95. The maximum atomic E-state index is 13.7. The molecule has 2 amide bonds. The fourth-order valence-corrected chi connectivity index (χ4v) is 7.08. The summed E-state index contributed by atoms with van der Waals surface area (Å²) in [5.41, 5.74) is 1.38. The minimum Gasteiger partial charge on any atom is -0.480 e. The van der Waals surface area contributed by atoms with E-state index in [2.05, 4.69) is 10.6 Å². The molecule has 3 N–H and O–H groups in total. The standard InChI is InChI=1S/C29H34N2O4/c32-26(30-25(27(33)34)15-20-9-5-2-6-10-20)24(14-19-7-3-1-4-8-19)31-28(35)29-16-21-11-22(17-29)13-23(12-21)18-29/h1-10,21-25H,11-18H2,(H,30,32)(H,31,35)(H,33,34)/t21?,22?,23?,24-,25-,29?/m1/s1. The second-order valence-electron chi connectivity index (χ2n) is 11.0. The summed E-state index contributed by atoms with van der Waals surface area (Å²) in [6, 6.07) is 16.9. The van der Waals surface area contributed by atoms with Gasteiger partial charge >= 0.3 is 5.97 Å². The Hall–Kier alpha value is -3.15. The van der Waals surface area contributed by atoms with Gasteiger partial charge in [0.25, 0.3) is 0 Å². The zero-order valence-electron chi connectivity index (χ0n) is 20.0. The van der Waals surface area contributed by atoms with Crippen LogP contribution in [0.5, 0.6) is 0 Å². The lowest BCUT2D eigenvalue weighted by Crippen LogP contribution is -2.59. The van der Waals surface area contributed by atoms with Gasteiger partial charge in [-0.1, -0.05) is 60.7 Å². The van der Waals surface area contributed by atoms with Crippen LogP contribution in [0.3, 0.4) is 0 Å². The van der Waals surface area contributed by atoms with Crippen LogP contribution in [-0.2, 0) is 27.2 Å². The van der Waals surface area contributed by atoms with E-state index in [4.69, 9.17) is 0 Å². The molecule has 4 saturated carbocycles. The Balaban J connectivity index is 1.33. The fraction of sp³-hybridized carbons (Fsp3) is 0.483. The number of carboxylic acid groups (broad SMARTS) is 1. The van der Waals surface area contributed by atoms with Crippen LogP contribution in [0.25, 0.3) is 0 Å². The van der Waals surface area contributed by atoms with Crippen molar-refractivity contribution in [2.24, 2.45) is 23.2 Å². The molecule has 6 nitrogen and oxygen atoms in total. The quantitative estimate of drug-likeness (QED) is 0.516. The van der Waals surface area contributed by atoms with Crippen LogP contribution in [0.1, 0.15) is 49.7 Å². The molecule has 0 unspecified atom stereocenters. The minimum atomic E-state index is -1.09. The van der Waals surface area contributed by atoms with Crippen LogP contribution in [-0.4, -0.2) is 35.0 Å². The molecule has 2 aromatic rings. The van der Waals surface area contributed by atoms with Gasteiger partial charge in [-0.3, -0.25) is 9.59 Å². The van der Waals surface area contributed by atoms with Crippen LogP contribution in [0.15, 0.2) is 60.7 Å². The number of hydrogen-bond donors (Lipinski definition) is 3. The van der Waals surface area contributed by atoms with Crippen molar-refractivity contribution in [3.05, 3.63) is 71.8 Å². The highest BCUT2D eigenvalue weighted by Crippen LogP contribution is 2.60. The van der Waals surface area contributed by atoms with Crippen LogP contribution < -0.4 is 10.6 Å². The molecule has 35 heavy (non-hydrogen) atoms. The maximum absolute atomic E-state index is 13.7. The average molecular weight is 475 g/mol. The van der Waals surface area contributed by atoms with Gasteiger partial charge in [-0.05, 0) is 67.4 Å². The Morgan fingerprint density at radius 3 is 1.66 bits per heavy atom. The van der Waals surface area contributed by atoms with E-state index in [1.54, 1.807) is 0 Å². The fourth-order valence-electron chi connectivity index (χ4n) is 7.08. The number of hydrogen-bond acceptors (Lipinski definition) is 3. The van der Waals surface area contributed by atoms with Crippen LogP contribution in [0.4, 0.5) is 0 Å². The molecule has 6 heteroatoms. The van der Waals surface area contributed by atoms with E-state index in [-0.39, 0.29) is 17.7 Å². The highest BCUT2D eigenvalue weighted by atomic mass is 16.4. The van der Waals surface area contributed by atoms with Crippen molar-refractivity contribution >= 4 is 17.8 Å². The van der Waals surface area contributed by atoms with E-state index in [1.165, 1.54) is 19.3 Å². The zero-order valence-corrected chi connectivity index (χ0v) is 20.0. The molecule has 4 fully saturated rings. The first-order valence-electron chi connectivity index (χ1n) is 12.8. The van der Waals surface area contributed by atoms with Crippen molar-refractivity contribution in [1.29, 1.82) is 0 Å². The van der Waals surface area contributed by atoms with Gasteiger partial charge in [-0.2, -0.15) is 0 Å². The van der Waals surface area contributed by atoms with E-state index in [1.807, 2.05) is 60.7 Å². The van der Waals surface area contributed by atoms with Gasteiger partial charge in [0, 0.05) is 18.3 Å². The Bertz CT molecular complexity index is 1030. The molecule has 0 spiro atoms. The number of amides is 2. The number of carboxylic acids is 1. The van der Waals surface area contributed by atoms with Gasteiger partial charge in [-0.25, -0.2) is 4.79 Å². The third kappa shape index (κ3) is 5.26. The molecular weight excluding hydrogens is 440 g/mol. The monoisotopic (exact) mass is 474 g/mol. The summed E-state index contributed by atoms with van der Waals surface area (Å²) >= 11 is 0. The molecule has 0 heterocycles. The number of rotatable bonds is 9. The van der Waals surface area contributed by atoms with Crippen molar-refractivity contribution in [2.75, 3.05) is 0 Å². The predicted octanol–water partition coefficient (Wildman–Crippen LogP) is 3.74. The number of aliphatic carboxylic acids is 1. The van der Waals surface area contributed by atoms with E-state index >= 15 is 0 Å². The maximum Gasteiger partial charge on any atom is 0.326 e. The molecule has 4 aliphatic carbocycles. The Morgan fingerprint density at radius 2 is 1.20 bits per heavy atom. The molecule has 6 rings (SSSR count). The smallest absolute Gasteiger partial charge is 0.326 e. The molecule has 0 saturated heterocycles. The van der Waals surface area contributed by atoms with E-state index in [0.29, 0.717) is 24.2 Å². The normalized spacial score (nSPS) is 28.2. The SMILES string of the molecule is O=C(O)[C@@H](Cc1ccccc1)NC(=O)[C@@H](Cc1ccccc1)NC(=O)C12CC3CC(CC(C3)C1)C2. The highest BCUT2D eigenvalue weighted by Gasteiger charge is 2.55. The van der Waals surface area contributed by atoms with Crippen molar-refractivity contribution in [3.63, 3.8) is 0 Å². The van der Waals surface area contributed by atoms with Gasteiger partial charge in [0.2, 0.25) is 11.8 Å². The van der Waals surface area contributed by atoms with Crippen LogP contribution in [0, 0.1) is 23.2 Å². The lowest BCUT2D eigenvalue weighted by molar-refractivity contribution is -0.148. The third-order valence-electron chi connectivity index (χ3n) is 8.32. The molecule has 4 aliphatic rings. The van der Waals surface area contributed by atoms with Crippen molar-refractivity contribution in [2.45, 2.75) is 63.5 Å². The van der Waals surface area contributed by atoms with Crippen molar-refractivity contribution < 1.29 is 19.5 Å². The van der Waals surface area contributed by atoms with Gasteiger partial charge in [0.15, 0.2) is 0 Å². The third-order valence-corrected chi connectivity index (χ3v) is 8.32. The molecule has 184 valence electrons. The minimum absolute atomic E-state index is 0.0254. The first kappa shape index (κ1) is 23.6. The Kier molecular flexibility index (Phi) is 6.63. The van der Waals surface area contributed by atoms with Gasteiger partial charge in [-0.15, -0.1) is 0 Å². The lowest BCUT2D eigenvalue weighted by atomic mass is 9.49. The highest BCUT2D eigenvalue weighted by molar-refractivity contribution is 5.92. The first-order chi connectivity index (χ1) is 16.9. The summed E-state index contributed by atoms with van der Waals surface area (Å²) in [5, 5.41) is 15.6. The summed E-state index contributed by atoms with van der Waals surface area (Å²) in [5.74, 6) is 0.299. The number of carbonyl (C=O) groups excluding carboxylic acids is 2. The summed E-state index contributed by atoms with van der Waals surface area (Å²) in [4.78, 5) is 39.1. The topological polar surface area (TPSA) is 95.5 Å². The molecule has 4 bridgehead atoms. The number of carbonyl (C=O) groups is 3. The molecular formula is C29H34N2O4. The lowest BCUT2D eigenvalue weighted by Gasteiger charge is -2.55. The Labute approximate surface area is 206 Å². The molecule has 2 aromatic carbocycles. The second-order valence-corrected chi connectivity index (χ2v) is 11.0. The number of benzene rings is 2. The largest absolute Gasteiger partial charge is 0.480 e. The number of nitrogens with one attached hydrogen (secondary N) is 2.